The van der Waals surface area contributed by atoms with E-state index in [1.54, 1.807) is 25.1 Å². The molecule has 0 saturated carbocycles. The zero-order chi connectivity index (χ0) is 21.6. The van der Waals surface area contributed by atoms with Crippen LogP contribution in [0, 0.1) is 11.3 Å². The molecule has 1 atom stereocenters. The van der Waals surface area contributed by atoms with Crippen LogP contribution < -0.4 is 4.90 Å². The van der Waals surface area contributed by atoms with Crippen molar-refractivity contribution in [3.8, 4) is 6.07 Å². The molecule has 8 nitrogen and oxygen atoms in total. The normalized spacial score (nSPS) is 18.0. The van der Waals surface area contributed by atoms with Gasteiger partial charge in [0.15, 0.2) is 16.4 Å². The predicted molar refractivity (Wildman–Crippen MR) is 110 cm³/mol. The van der Waals surface area contributed by atoms with Gasteiger partial charge in [0, 0.05) is 32.4 Å². The van der Waals surface area contributed by atoms with Gasteiger partial charge in [-0.15, -0.1) is 0 Å². The fourth-order valence-electron chi connectivity index (χ4n) is 3.12. The van der Waals surface area contributed by atoms with Crippen molar-refractivity contribution in [2.75, 3.05) is 43.7 Å². The van der Waals surface area contributed by atoms with Gasteiger partial charge in [-0.05, 0) is 37.1 Å². The maximum atomic E-state index is 12.4. The Morgan fingerprint density at radius 1 is 1.28 bits per heavy atom. The van der Waals surface area contributed by atoms with Gasteiger partial charge in [0.2, 0.25) is 0 Å². The molecule has 0 radical (unpaired) electrons. The van der Waals surface area contributed by atoms with E-state index in [0.29, 0.717) is 18.5 Å². The van der Waals surface area contributed by atoms with Crippen LogP contribution in [-0.4, -0.2) is 70.0 Å². The fourth-order valence-corrected chi connectivity index (χ4v) is 4.85. The summed E-state index contributed by atoms with van der Waals surface area (Å²) in [5.74, 6) is -1.40. The lowest BCUT2D eigenvalue weighted by atomic mass is 10.1. The highest BCUT2D eigenvalue weighted by molar-refractivity contribution is 7.91. The maximum absolute atomic E-state index is 12.4. The van der Waals surface area contributed by atoms with Crippen molar-refractivity contribution < 1.29 is 22.7 Å². The number of benzene rings is 1. The lowest BCUT2D eigenvalue weighted by molar-refractivity contribution is -0.149. The lowest BCUT2D eigenvalue weighted by Gasteiger charge is -2.26. The molecule has 1 saturated heterocycles. The van der Waals surface area contributed by atoms with E-state index in [2.05, 4.69) is 0 Å². The summed E-state index contributed by atoms with van der Waals surface area (Å²) < 4.78 is 28.3. The van der Waals surface area contributed by atoms with Gasteiger partial charge >= 0.3 is 5.97 Å². The van der Waals surface area contributed by atoms with Crippen molar-refractivity contribution in [3.05, 3.63) is 35.4 Å². The molecule has 1 fully saturated rings. The lowest BCUT2D eigenvalue weighted by Crippen LogP contribution is -2.43. The van der Waals surface area contributed by atoms with E-state index in [1.807, 2.05) is 31.1 Å². The van der Waals surface area contributed by atoms with Gasteiger partial charge in [0.05, 0.1) is 11.5 Å². The maximum Gasteiger partial charge on any atom is 0.349 e. The number of likely N-dealkylation sites (N-methyl/N-ethyl adjacent to an activating group) is 1. The van der Waals surface area contributed by atoms with Crippen molar-refractivity contribution in [1.29, 1.82) is 5.26 Å². The number of ether oxygens (including phenoxy) is 1. The zero-order valence-electron chi connectivity index (χ0n) is 16.8. The van der Waals surface area contributed by atoms with Crippen molar-refractivity contribution in [3.63, 3.8) is 0 Å². The Morgan fingerprint density at radius 3 is 2.41 bits per heavy atom. The summed E-state index contributed by atoms with van der Waals surface area (Å²) in [6.07, 6.45) is 1.77. The van der Waals surface area contributed by atoms with Gasteiger partial charge in [0.25, 0.3) is 5.91 Å². The summed E-state index contributed by atoms with van der Waals surface area (Å²) in [6.45, 7) is 1.51. The third-order valence-electron chi connectivity index (χ3n) is 4.70. The van der Waals surface area contributed by atoms with Gasteiger partial charge in [-0.2, -0.15) is 5.26 Å². The third kappa shape index (κ3) is 6.06. The Morgan fingerprint density at radius 2 is 1.93 bits per heavy atom. The predicted octanol–water partition coefficient (Wildman–Crippen LogP) is 1.24. The van der Waals surface area contributed by atoms with Gasteiger partial charge in [0.1, 0.15) is 11.6 Å². The minimum Gasteiger partial charge on any atom is -0.451 e. The second kappa shape index (κ2) is 9.56. The van der Waals surface area contributed by atoms with Crippen molar-refractivity contribution in [2.45, 2.75) is 19.4 Å². The summed E-state index contributed by atoms with van der Waals surface area (Å²) >= 11 is 0. The topological polar surface area (TPSA) is 108 Å². The van der Waals surface area contributed by atoms with E-state index >= 15 is 0 Å². The van der Waals surface area contributed by atoms with Gasteiger partial charge in [-0.1, -0.05) is 12.1 Å². The molecule has 0 N–H and O–H groups in total. The van der Waals surface area contributed by atoms with E-state index in [9.17, 15) is 23.3 Å². The van der Waals surface area contributed by atoms with Crippen molar-refractivity contribution in [2.24, 2.45) is 0 Å². The highest BCUT2D eigenvalue weighted by Gasteiger charge is 2.34. The molecule has 1 aromatic carbocycles. The number of esters is 1. The van der Waals surface area contributed by atoms with Crippen LogP contribution in [0.3, 0.4) is 0 Å². The van der Waals surface area contributed by atoms with Crippen LogP contribution in [0.1, 0.15) is 18.9 Å². The van der Waals surface area contributed by atoms with Gasteiger partial charge < -0.3 is 14.5 Å². The molecule has 1 aromatic rings. The van der Waals surface area contributed by atoms with Crippen LogP contribution in [-0.2, 0) is 24.2 Å². The Bertz CT molecular complexity index is 930. The van der Waals surface area contributed by atoms with Crippen molar-refractivity contribution in [1.82, 2.24) is 4.90 Å². The number of nitriles is 1. The number of anilines is 1. The fraction of sp³-hybridized carbons (Fsp3) is 0.450. The molecule has 1 amide bonds. The number of rotatable bonds is 7. The summed E-state index contributed by atoms with van der Waals surface area (Å²) in [6, 6.07) is 8.63. The van der Waals surface area contributed by atoms with Gasteiger partial charge in [-0.3, -0.25) is 4.79 Å². The number of sulfone groups is 1. The van der Waals surface area contributed by atoms with E-state index in [4.69, 9.17) is 4.74 Å². The summed E-state index contributed by atoms with van der Waals surface area (Å²) in [5, 5.41) is 9.26. The van der Waals surface area contributed by atoms with Gasteiger partial charge in [-0.25, -0.2) is 13.2 Å². The Kier molecular flexibility index (Phi) is 7.40. The van der Waals surface area contributed by atoms with Crippen molar-refractivity contribution >= 4 is 33.5 Å². The molecular weight excluding hydrogens is 394 g/mol. The molecule has 156 valence electrons. The Labute approximate surface area is 171 Å². The summed E-state index contributed by atoms with van der Waals surface area (Å²) in [5.41, 5.74) is 1.41. The average molecular weight is 420 g/mol. The first kappa shape index (κ1) is 22.4. The molecule has 0 aromatic heterocycles. The Balaban J connectivity index is 2.00. The van der Waals surface area contributed by atoms with E-state index in [0.717, 1.165) is 5.69 Å². The second-order valence-corrected chi connectivity index (χ2v) is 9.20. The first-order valence-electron chi connectivity index (χ1n) is 9.23. The van der Waals surface area contributed by atoms with E-state index in [-0.39, 0.29) is 17.1 Å². The molecule has 0 aliphatic carbocycles. The highest BCUT2D eigenvalue weighted by atomic mass is 32.2. The second-order valence-electron chi connectivity index (χ2n) is 6.97. The molecule has 1 unspecified atom stereocenters. The molecule has 1 aliphatic heterocycles. The zero-order valence-corrected chi connectivity index (χ0v) is 17.6. The summed E-state index contributed by atoms with van der Waals surface area (Å²) in [4.78, 5) is 27.9. The number of nitrogens with zero attached hydrogens (tertiary/aromatic N) is 3. The van der Waals surface area contributed by atoms with Crippen LogP contribution in [0.2, 0.25) is 0 Å². The number of hydrogen-bond acceptors (Lipinski definition) is 7. The molecule has 9 heteroatoms. The molecule has 29 heavy (non-hydrogen) atoms. The first-order chi connectivity index (χ1) is 13.7. The SMILES string of the molecule is CCN(C(=O)COC(=O)C(C#N)=Cc1ccc(N(C)C)cc1)C1CCS(=O)(=O)C1. The number of amides is 1. The standard InChI is InChI=1S/C20H25N3O5S/c1-4-23(18-9-10-29(26,27)14-18)19(24)13-28-20(25)16(12-21)11-15-5-7-17(8-6-15)22(2)3/h5-8,11,18H,4,9-10,13-14H2,1-3H3. The number of carbonyl (C=O) groups is 2. The largest absolute Gasteiger partial charge is 0.451 e. The number of carbonyl (C=O) groups excluding carboxylic acids is 2. The smallest absolute Gasteiger partial charge is 0.349 e. The third-order valence-corrected chi connectivity index (χ3v) is 6.45. The summed E-state index contributed by atoms with van der Waals surface area (Å²) in [7, 11) is 0.674. The molecular formula is C20H25N3O5S. The van der Waals surface area contributed by atoms with Crippen LogP contribution in [0.25, 0.3) is 6.08 Å². The van der Waals surface area contributed by atoms with Crippen LogP contribution in [0.5, 0.6) is 0 Å². The molecule has 1 heterocycles. The minimum absolute atomic E-state index is 0.0508. The van der Waals surface area contributed by atoms with E-state index < -0.39 is 34.4 Å². The van der Waals surface area contributed by atoms with Crippen LogP contribution in [0.4, 0.5) is 5.69 Å². The molecule has 0 spiro atoms. The average Bonchev–Trinajstić information content (AvgIpc) is 3.04. The molecule has 1 aliphatic rings. The minimum atomic E-state index is -3.13. The molecule has 2 rings (SSSR count). The quantitative estimate of drug-likeness (QED) is 0.372. The van der Waals surface area contributed by atoms with Crippen LogP contribution >= 0.6 is 0 Å². The van der Waals surface area contributed by atoms with E-state index in [1.165, 1.54) is 11.0 Å². The molecule has 0 bridgehead atoms. The first-order valence-corrected chi connectivity index (χ1v) is 11.0. The Hall–Kier alpha value is -2.86. The van der Waals surface area contributed by atoms with Crippen LogP contribution in [0.15, 0.2) is 29.8 Å². The number of hydrogen-bond donors (Lipinski definition) is 0. The monoisotopic (exact) mass is 419 g/mol. The highest BCUT2D eigenvalue weighted by Crippen LogP contribution is 2.18.